The Bertz CT molecular complexity index is 1090. The van der Waals surface area contributed by atoms with E-state index in [1.807, 2.05) is 42.7 Å². The van der Waals surface area contributed by atoms with E-state index in [4.69, 9.17) is 4.98 Å². The molecule has 2 fully saturated rings. The first-order valence-electron chi connectivity index (χ1n) is 12.5. The van der Waals surface area contributed by atoms with Gasteiger partial charge in [0.1, 0.15) is 5.82 Å². The third kappa shape index (κ3) is 5.14. The Hall–Kier alpha value is -2.81. The van der Waals surface area contributed by atoms with Gasteiger partial charge in [-0.25, -0.2) is 4.98 Å². The van der Waals surface area contributed by atoms with Gasteiger partial charge in [0.2, 0.25) is 0 Å². The fourth-order valence-corrected chi connectivity index (χ4v) is 5.13. The van der Waals surface area contributed by atoms with Crippen molar-refractivity contribution < 1.29 is 4.79 Å². The summed E-state index contributed by atoms with van der Waals surface area (Å²) in [7, 11) is 2.17. The van der Waals surface area contributed by atoms with Crippen LogP contribution in [0.1, 0.15) is 47.3 Å². The molecule has 180 valence electrons. The molecule has 0 bridgehead atoms. The molecule has 5 rings (SSSR count). The van der Waals surface area contributed by atoms with E-state index in [0.29, 0.717) is 12.2 Å². The third-order valence-corrected chi connectivity index (χ3v) is 7.08. The van der Waals surface area contributed by atoms with Crippen LogP contribution in [0, 0.1) is 0 Å². The molecule has 3 aromatic heterocycles. The molecule has 2 aliphatic heterocycles. The van der Waals surface area contributed by atoms with Gasteiger partial charge in [-0.2, -0.15) is 0 Å². The van der Waals surface area contributed by atoms with Crippen molar-refractivity contribution in [1.29, 1.82) is 0 Å². The molecule has 5 heterocycles. The summed E-state index contributed by atoms with van der Waals surface area (Å²) in [5.74, 6) is 0.870. The average Bonchev–Trinajstić information content (AvgIpc) is 3.48. The van der Waals surface area contributed by atoms with Gasteiger partial charge in [0.15, 0.2) is 5.69 Å². The summed E-state index contributed by atoms with van der Waals surface area (Å²) in [6.07, 6.45) is 6.98. The van der Waals surface area contributed by atoms with E-state index in [9.17, 15) is 4.79 Å². The molecule has 8 nitrogen and oxygen atoms in total. The van der Waals surface area contributed by atoms with Gasteiger partial charge in [0.25, 0.3) is 5.91 Å². The minimum Gasteiger partial charge on any atom is -0.351 e. The van der Waals surface area contributed by atoms with Gasteiger partial charge in [-0.1, -0.05) is 12.1 Å². The lowest BCUT2D eigenvalue weighted by molar-refractivity contribution is 0.0946. The second kappa shape index (κ2) is 10.6. The molecule has 0 radical (unpaired) electrons. The molecule has 1 N–H and O–H groups in total. The molecular weight excluding hydrogens is 426 g/mol. The van der Waals surface area contributed by atoms with E-state index in [1.54, 1.807) is 0 Å². The summed E-state index contributed by atoms with van der Waals surface area (Å²) < 4.78 is 2.10. The number of carbonyl (C=O) groups excluding carboxylic acids is 1. The lowest BCUT2D eigenvalue weighted by Gasteiger charge is -2.32. The number of nitrogens with one attached hydrogen (secondary N) is 1. The summed E-state index contributed by atoms with van der Waals surface area (Å²) in [4.78, 5) is 29.8. The van der Waals surface area contributed by atoms with Gasteiger partial charge in [0.05, 0.1) is 17.3 Å². The Morgan fingerprint density at radius 3 is 2.76 bits per heavy atom. The lowest BCUT2D eigenvalue weighted by atomic mass is 10.2. The molecule has 2 saturated heterocycles. The van der Waals surface area contributed by atoms with Gasteiger partial charge in [-0.15, -0.1) is 0 Å². The van der Waals surface area contributed by atoms with Gasteiger partial charge in [0, 0.05) is 51.7 Å². The number of pyridine rings is 2. The first kappa shape index (κ1) is 23.0. The fraction of sp³-hybridized carbons (Fsp3) is 0.500. The molecule has 1 amide bonds. The largest absolute Gasteiger partial charge is 0.351 e. The Morgan fingerprint density at radius 1 is 1.09 bits per heavy atom. The smallest absolute Gasteiger partial charge is 0.272 e. The van der Waals surface area contributed by atoms with Crippen LogP contribution in [-0.4, -0.2) is 87.8 Å². The Labute approximate surface area is 201 Å². The van der Waals surface area contributed by atoms with E-state index in [2.05, 4.69) is 42.5 Å². The molecule has 3 aromatic rings. The van der Waals surface area contributed by atoms with Crippen LogP contribution in [0.15, 0.2) is 48.8 Å². The maximum absolute atomic E-state index is 13.1. The molecule has 0 aliphatic carbocycles. The summed E-state index contributed by atoms with van der Waals surface area (Å²) >= 11 is 0. The highest BCUT2D eigenvalue weighted by atomic mass is 16.1. The van der Waals surface area contributed by atoms with Crippen LogP contribution in [0.5, 0.6) is 0 Å². The zero-order chi connectivity index (χ0) is 23.3. The molecule has 1 atom stereocenters. The van der Waals surface area contributed by atoms with Crippen molar-refractivity contribution in [3.05, 3.63) is 66.0 Å². The highest BCUT2D eigenvalue weighted by molar-refractivity contribution is 5.99. The second-order valence-corrected chi connectivity index (χ2v) is 9.48. The van der Waals surface area contributed by atoms with E-state index < -0.39 is 0 Å². The topological polar surface area (TPSA) is 69.0 Å². The minimum absolute atomic E-state index is 0.0809. The van der Waals surface area contributed by atoms with Crippen molar-refractivity contribution >= 4 is 11.4 Å². The highest BCUT2D eigenvalue weighted by Crippen LogP contribution is 2.33. The first-order chi connectivity index (χ1) is 16.7. The maximum Gasteiger partial charge on any atom is 0.272 e. The molecule has 0 spiro atoms. The van der Waals surface area contributed by atoms with Crippen molar-refractivity contribution in [3.63, 3.8) is 0 Å². The molecule has 0 aromatic carbocycles. The predicted molar refractivity (Wildman–Crippen MR) is 133 cm³/mol. The fourth-order valence-electron chi connectivity index (χ4n) is 5.13. The number of likely N-dealkylation sites (N-methyl/N-ethyl adjacent to an activating group) is 1. The minimum atomic E-state index is -0.0809. The molecule has 1 unspecified atom stereocenters. The van der Waals surface area contributed by atoms with E-state index in [1.165, 1.54) is 0 Å². The average molecular weight is 462 g/mol. The number of carbonyl (C=O) groups is 1. The number of rotatable bonds is 8. The van der Waals surface area contributed by atoms with Crippen molar-refractivity contribution in [2.75, 3.05) is 52.9 Å². The Balaban J connectivity index is 1.26. The number of piperazine rings is 1. The van der Waals surface area contributed by atoms with Gasteiger partial charge >= 0.3 is 0 Å². The standard InChI is InChI=1S/C26H35N7O/c1-30-16-18-31(19-17-30)13-7-12-28-26(34)24-22-9-3-5-15-33(22)25(29-24)23-10-6-14-32(23)20-21-8-2-4-11-27-21/h2-5,8-9,11,15,23H,6-7,10,12-14,16-20H2,1H3,(H,28,34). The number of hydrogen-bond donors (Lipinski definition) is 1. The second-order valence-electron chi connectivity index (χ2n) is 9.48. The van der Waals surface area contributed by atoms with Gasteiger partial charge < -0.3 is 19.5 Å². The Kier molecular flexibility index (Phi) is 7.18. The number of hydrogen-bond acceptors (Lipinski definition) is 6. The van der Waals surface area contributed by atoms with E-state index in [0.717, 1.165) is 82.1 Å². The Morgan fingerprint density at radius 2 is 1.94 bits per heavy atom. The lowest BCUT2D eigenvalue weighted by Crippen LogP contribution is -2.45. The van der Waals surface area contributed by atoms with Crippen molar-refractivity contribution in [1.82, 2.24) is 34.4 Å². The van der Waals surface area contributed by atoms with E-state index >= 15 is 0 Å². The number of amides is 1. The maximum atomic E-state index is 13.1. The zero-order valence-electron chi connectivity index (χ0n) is 20.1. The van der Waals surface area contributed by atoms with Crippen LogP contribution >= 0.6 is 0 Å². The van der Waals surface area contributed by atoms with Crippen LogP contribution in [0.4, 0.5) is 0 Å². The third-order valence-electron chi connectivity index (χ3n) is 7.08. The summed E-state index contributed by atoms with van der Waals surface area (Å²) in [5, 5.41) is 3.12. The monoisotopic (exact) mass is 461 g/mol. The SMILES string of the molecule is CN1CCN(CCCNC(=O)c2nc(C3CCCN3Cc3ccccn3)n3ccccc23)CC1. The number of aromatic nitrogens is 3. The molecular formula is C26H35N7O. The van der Waals surface area contributed by atoms with Crippen LogP contribution < -0.4 is 5.32 Å². The van der Waals surface area contributed by atoms with Crippen LogP contribution in [0.25, 0.3) is 5.52 Å². The predicted octanol–water partition coefficient (Wildman–Crippen LogP) is 2.43. The number of nitrogens with zero attached hydrogens (tertiary/aromatic N) is 6. The van der Waals surface area contributed by atoms with Crippen LogP contribution in [0.2, 0.25) is 0 Å². The molecule has 0 saturated carbocycles. The summed E-state index contributed by atoms with van der Waals surface area (Å²) in [6, 6.07) is 12.2. The molecule has 34 heavy (non-hydrogen) atoms. The quantitative estimate of drug-likeness (QED) is 0.520. The zero-order valence-corrected chi connectivity index (χ0v) is 20.1. The highest BCUT2D eigenvalue weighted by Gasteiger charge is 2.31. The van der Waals surface area contributed by atoms with Gasteiger partial charge in [-0.05, 0) is 63.7 Å². The van der Waals surface area contributed by atoms with Crippen molar-refractivity contribution in [3.8, 4) is 0 Å². The van der Waals surface area contributed by atoms with E-state index in [-0.39, 0.29) is 11.9 Å². The number of likely N-dealkylation sites (tertiary alicyclic amines) is 1. The summed E-state index contributed by atoms with van der Waals surface area (Å²) in [5.41, 5.74) is 2.47. The number of fused-ring (bicyclic) bond motifs is 1. The van der Waals surface area contributed by atoms with Crippen LogP contribution in [0.3, 0.4) is 0 Å². The first-order valence-corrected chi connectivity index (χ1v) is 12.5. The normalized spacial score (nSPS) is 20.2. The molecule has 2 aliphatic rings. The number of imidazole rings is 1. The molecule has 8 heteroatoms. The van der Waals surface area contributed by atoms with Crippen molar-refractivity contribution in [2.45, 2.75) is 31.8 Å². The van der Waals surface area contributed by atoms with Gasteiger partial charge in [-0.3, -0.25) is 14.7 Å². The van der Waals surface area contributed by atoms with Crippen LogP contribution in [-0.2, 0) is 6.54 Å². The van der Waals surface area contributed by atoms with Crippen molar-refractivity contribution in [2.24, 2.45) is 0 Å². The summed E-state index contributed by atoms with van der Waals surface area (Å²) in [6.45, 7) is 7.95.